The molecule has 6 atom stereocenters. The molecule has 0 spiro atoms. The molecular formula is C48H82O10. The van der Waals surface area contributed by atoms with Crippen LogP contribution in [0.1, 0.15) is 174 Å². The van der Waals surface area contributed by atoms with Gasteiger partial charge in [-0.25, -0.2) is 0 Å². The van der Waals surface area contributed by atoms with E-state index in [1.807, 2.05) is 0 Å². The van der Waals surface area contributed by atoms with Gasteiger partial charge < -0.3 is 39.4 Å². The first kappa shape index (κ1) is 53.4. The summed E-state index contributed by atoms with van der Waals surface area (Å²) in [7, 11) is 0. The summed E-state index contributed by atoms with van der Waals surface area (Å²) >= 11 is 0. The number of aliphatic hydroxyl groups excluding tert-OH is 4. The second kappa shape index (κ2) is 38.6. The Morgan fingerprint density at radius 3 is 1.53 bits per heavy atom. The first-order chi connectivity index (χ1) is 28.3. The molecule has 6 unspecified atom stereocenters. The van der Waals surface area contributed by atoms with Gasteiger partial charge in [0, 0.05) is 12.8 Å². The third kappa shape index (κ3) is 29.6. The highest BCUT2D eigenvalue weighted by Gasteiger charge is 2.44. The number of unbranched alkanes of at least 4 members (excludes halogenated alkanes) is 16. The van der Waals surface area contributed by atoms with Crippen molar-refractivity contribution in [3.63, 3.8) is 0 Å². The summed E-state index contributed by atoms with van der Waals surface area (Å²) in [5, 5.41) is 40.1. The van der Waals surface area contributed by atoms with Crippen LogP contribution in [0, 0.1) is 0 Å². The molecule has 1 aliphatic rings. The van der Waals surface area contributed by atoms with E-state index in [-0.39, 0.29) is 26.1 Å². The summed E-state index contributed by atoms with van der Waals surface area (Å²) < 4.78 is 22.1. The highest BCUT2D eigenvalue weighted by Crippen LogP contribution is 2.22. The average Bonchev–Trinajstić information content (AvgIpc) is 3.22. The predicted molar refractivity (Wildman–Crippen MR) is 233 cm³/mol. The predicted octanol–water partition coefficient (Wildman–Crippen LogP) is 9.83. The molecule has 0 radical (unpaired) electrons. The van der Waals surface area contributed by atoms with Crippen molar-refractivity contribution in [3.8, 4) is 0 Å². The summed E-state index contributed by atoms with van der Waals surface area (Å²) in [6.45, 7) is 3.26. The van der Waals surface area contributed by atoms with E-state index in [4.69, 9.17) is 18.9 Å². The first-order valence-corrected chi connectivity index (χ1v) is 22.9. The van der Waals surface area contributed by atoms with Gasteiger partial charge in [0.25, 0.3) is 0 Å². The van der Waals surface area contributed by atoms with Gasteiger partial charge >= 0.3 is 11.9 Å². The topological polar surface area (TPSA) is 152 Å². The molecule has 58 heavy (non-hydrogen) atoms. The number of ether oxygens (including phenoxy) is 4. The Balaban J connectivity index is 2.34. The van der Waals surface area contributed by atoms with E-state index in [1.54, 1.807) is 0 Å². The summed E-state index contributed by atoms with van der Waals surface area (Å²) in [4.78, 5) is 25.3. The number of allylic oxidation sites excluding steroid dienone is 10. The number of esters is 2. The van der Waals surface area contributed by atoms with Gasteiger partial charge in [-0.1, -0.05) is 145 Å². The lowest BCUT2D eigenvalue weighted by molar-refractivity contribution is -0.305. The molecule has 1 rings (SSSR count). The highest BCUT2D eigenvalue weighted by atomic mass is 16.7. The van der Waals surface area contributed by atoms with Gasteiger partial charge in [0.2, 0.25) is 0 Å². The summed E-state index contributed by atoms with van der Waals surface area (Å²) in [6, 6.07) is 0. The van der Waals surface area contributed by atoms with E-state index >= 15 is 0 Å². The molecule has 1 heterocycles. The Hall–Kier alpha value is -2.60. The molecule has 0 bridgehead atoms. The molecule has 10 nitrogen and oxygen atoms in total. The molecule has 334 valence electrons. The van der Waals surface area contributed by atoms with Crippen molar-refractivity contribution in [1.29, 1.82) is 0 Å². The molecule has 0 amide bonds. The maximum Gasteiger partial charge on any atom is 0.306 e. The van der Waals surface area contributed by atoms with E-state index in [9.17, 15) is 30.0 Å². The zero-order chi connectivity index (χ0) is 42.3. The van der Waals surface area contributed by atoms with Crippen molar-refractivity contribution in [2.24, 2.45) is 0 Å². The fourth-order valence-corrected chi connectivity index (χ4v) is 6.53. The summed E-state index contributed by atoms with van der Waals surface area (Å²) in [5.41, 5.74) is 0. The largest absolute Gasteiger partial charge is 0.462 e. The van der Waals surface area contributed by atoms with Gasteiger partial charge in [-0.05, 0) is 77.0 Å². The maximum atomic E-state index is 12.8. The van der Waals surface area contributed by atoms with Gasteiger partial charge in [0.05, 0.1) is 13.2 Å². The lowest BCUT2D eigenvalue weighted by Crippen LogP contribution is -2.59. The second-order valence-electron chi connectivity index (χ2n) is 15.5. The molecule has 4 N–H and O–H groups in total. The van der Waals surface area contributed by atoms with Crippen LogP contribution in [0.25, 0.3) is 0 Å². The maximum absolute atomic E-state index is 12.8. The minimum atomic E-state index is -1.60. The van der Waals surface area contributed by atoms with E-state index in [0.717, 1.165) is 83.5 Å². The third-order valence-corrected chi connectivity index (χ3v) is 10.1. The number of carbonyl (C=O) groups excluding carboxylic acids is 2. The fraction of sp³-hybridized carbons (Fsp3) is 0.750. The number of carbonyl (C=O) groups is 2. The number of rotatable bonds is 37. The fourth-order valence-electron chi connectivity index (χ4n) is 6.53. The van der Waals surface area contributed by atoms with E-state index in [1.165, 1.54) is 51.4 Å². The van der Waals surface area contributed by atoms with E-state index < -0.39 is 55.4 Å². The Morgan fingerprint density at radius 1 is 0.552 bits per heavy atom. The molecule has 1 aliphatic heterocycles. The molecule has 0 aromatic rings. The number of aliphatic hydroxyl groups is 4. The summed E-state index contributed by atoms with van der Waals surface area (Å²) in [5.74, 6) is -0.837. The quantitative estimate of drug-likeness (QED) is 0.0271. The Labute approximate surface area is 351 Å². The second-order valence-corrected chi connectivity index (χ2v) is 15.5. The van der Waals surface area contributed by atoms with Gasteiger partial charge in [-0.3, -0.25) is 9.59 Å². The van der Waals surface area contributed by atoms with Crippen molar-refractivity contribution in [2.75, 3.05) is 19.8 Å². The zero-order valence-corrected chi connectivity index (χ0v) is 36.3. The van der Waals surface area contributed by atoms with Gasteiger partial charge in [0.15, 0.2) is 12.4 Å². The lowest BCUT2D eigenvalue weighted by Gasteiger charge is -2.39. The van der Waals surface area contributed by atoms with Crippen molar-refractivity contribution in [2.45, 2.75) is 211 Å². The number of hydrogen-bond acceptors (Lipinski definition) is 10. The Kier molecular flexibility index (Phi) is 35.5. The van der Waals surface area contributed by atoms with E-state index in [2.05, 4.69) is 74.6 Å². The molecule has 10 heteroatoms. The molecule has 0 aromatic carbocycles. The van der Waals surface area contributed by atoms with Crippen LogP contribution in [-0.4, -0.2) is 89.0 Å². The van der Waals surface area contributed by atoms with Crippen LogP contribution in [0.5, 0.6) is 0 Å². The van der Waals surface area contributed by atoms with Crippen LogP contribution in [0.2, 0.25) is 0 Å². The number of hydrogen-bond donors (Lipinski definition) is 4. The molecule has 1 saturated heterocycles. The molecule has 0 saturated carbocycles. The van der Waals surface area contributed by atoms with Crippen molar-refractivity contribution >= 4 is 11.9 Å². The minimum absolute atomic E-state index is 0.213. The SMILES string of the molecule is CC/C=C\C/C=C\C/C=C\CCCCCCCCCC(=O)OC(COC(=O)CCCCCCC/C=C\C/C=C\CCCCCC)COC1OC(CO)C(O)C(O)C1O. The molecular weight excluding hydrogens is 737 g/mol. The third-order valence-electron chi connectivity index (χ3n) is 10.1. The van der Waals surface area contributed by atoms with Crippen LogP contribution < -0.4 is 0 Å². The lowest BCUT2D eigenvalue weighted by atomic mass is 9.99. The summed E-state index contributed by atoms with van der Waals surface area (Å²) in [6.07, 6.45) is 39.3. The normalized spacial score (nSPS) is 20.7. The minimum Gasteiger partial charge on any atom is -0.462 e. The highest BCUT2D eigenvalue weighted by molar-refractivity contribution is 5.70. The van der Waals surface area contributed by atoms with Crippen molar-refractivity contribution in [3.05, 3.63) is 60.8 Å². The molecule has 1 fully saturated rings. The first-order valence-electron chi connectivity index (χ1n) is 22.9. The molecule has 0 aliphatic carbocycles. The van der Waals surface area contributed by atoms with Crippen LogP contribution in [0.4, 0.5) is 0 Å². The van der Waals surface area contributed by atoms with E-state index in [0.29, 0.717) is 12.8 Å². The standard InChI is InChI=1S/C48H82O10/c1-3-5-7-9-11-13-15-17-19-21-23-25-27-29-31-33-35-37-44(51)57-41(40-56-48-47(54)46(53)45(52)42(38-49)58-48)39-55-43(50)36-34-32-30-28-26-24-22-20-18-16-14-12-10-8-6-4-2/h5,7,11,13-14,16-17,19-20,22,41-42,45-49,52-54H,3-4,6,8-10,12,15,18,21,23-40H2,1-2H3/b7-5-,13-11-,16-14-,19-17-,22-20-. The van der Waals surface area contributed by atoms with Gasteiger partial charge in [-0.15, -0.1) is 0 Å². The van der Waals surface area contributed by atoms with Gasteiger partial charge in [0.1, 0.15) is 31.0 Å². The smallest absolute Gasteiger partial charge is 0.306 e. The van der Waals surface area contributed by atoms with Crippen LogP contribution in [0.3, 0.4) is 0 Å². The zero-order valence-electron chi connectivity index (χ0n) is 36.3. The van der Waals surface area contributed by atoms with Gasteiger partial charge in [-0.2, -0.15) is 0 Å². The van der Waals surface area contributed by atoms with Crippen LogP contribution >= 0.6 is 0 Å². The van der Waals surface area contributed by atoms with Crippen molar-refractivity contribution in [1.82, 2.24) is 0 Å². The monoisotopic (exact) mass is 819 g/mol. The Bertz CT molecular complexity index is 1130. The van der Waals surface area contributed by atoms with Crippen molar-refractivity contribution < 1.29 is 49.0 Å². The average molecular weight is 819 g/mol. The van der Waals surface area contributed by atoms with Crippen LogP contribution in [0.15, 0.2) is 60.8 Å². The molecule has 0 aromatic heterocycles. The van der Waals surface area contributed by atoms with Crippen LogP contribution in [-0.2, 0) is 28.5 Å². The Morgan fingerprint density at radius 2 is 1.02 bits per heavy atom.